The number of thioether (sulfide) groups is 1. The number of anilines is 1. The summed E-state index contributed by atoms with van der Waals surface area (Å²) in [5.41, 5.74) is 1.68. The lowest BCUT2D eigenvalue weighted by Crippen LogP contribution is -2.31. The summed E-state index contributed by atoms with van der Waals surface area (Å²) in [7, 11) is 0. The lowest BCUT2D eigenvalue weighted by molar-refractivity contribution is -0.117. The molecule has 0 radical (unpaired) electrons. The van der Waals surface area contributed by atoms with Crippen LogP contribution in [0.3, 0.4) is 0 Å². The van der Waals surface area contributed by atoms with E-state index in [4.69, 9.17) is 9.15 Å². The van der Waals surface area contributed by atoms with Crippen molar-refractivity contribution in [1.29, 1.82) is 0 Å². The van der Waals surface area contributed by atoms with Gasteiger partial charge in [-0.1, -0.05) is 91.5 Å². The topological polar surface area (TPSA) is 106 Å². The fourth-order valence-corrected chi connectivity index (χ4v) is 7.01. The fraction of sp³-hybridized carbons (Fsp3) is 0.235. The van der Waals surface area contributed by atoms with E-state index in [9.17, 15) is 14.7 Å². The molecule has 5 aromatic rings. The number of hydrogen-bond acceptors (Lipinski definition) is 9. The molecule has 3 heterocycles. The maximum atomic E-state index is 13.7. The highest BCUT2D eigenvalue weighted by atomic mass is 32.2. The Balaban J connectivity index is 1.32. The van der Waals surface area contributed by atoms with Gasteiger partial charge in [-0.2, -0.15) is 0 Å². The third-order valence-corrected chi connectivity index (χ3v) is 9.49. The van der Waals surface area contributed by atoms with Gasteiger partial charge in [0.2, 0.25) is 10.9 Å². The number of fused-ring (bicyclic) bond motifs is 1. The Morgan fingerprint density at radius 3 is 2.66 bits per heavy atom. The lowest BCUT2D eigenvalue weighted by Gasteiger charge is -2.24. The Bertz CT molecular complexity index is 1870. The first kappa shape index (κ1) is 29.7. The van der Waals surface area contributed by atoms with Crippen molar-refractivity contribution in [3.8, 4) is 5.75 Å². The van der Waals surface area contributed by atoms with Crippen LogP contribution in [-0.4, -0.2) is 33.6 Å². The Morgan fingerprint density at radius 1 is 1.07 bits per heavy atom. The third-order valence-electron chi connectivity index (χ3n) is 7.39. The van der Waals surface area contributed by atoms with Gasteiger partial charge in [-0.25, -0.2) is 0 Å². The number of hydrogen-bond donors (Lipinski definition) is 1. The molecule has 8 nitrogen and oxygen atoms in total. The number of aliphatic hydroxyl groups excluding tert-OH is 1. The average Bonchev–Trinajstić information content (AvgIpc) is 3.74. The summed E-state index contributed by atoms with van der Waals surface area (Å²) in [6.45, 7) is 6.51. The van der Waals surface area contributed by atoms with Crippen molar-refractivity contribution in [2.45, 2.75) is 43.3 Å². The van der Waals surface area contributed by atoms with E-state index >= 15 is 0 Å². The van der Waals surface area contributed by atoms with Gasteiger partial charge in [-0.15, -0.1) is 10.2 Å². The molecule has 2 aromatic heterocycles. The highest BCUT2D eigenvalue weighted by Crippen LogP contribution is 2.44. The van der Waals surface area contributed by atoms with Crippen molar-refractivity contribution in [1.82, 2.24) is 10.2 Å². The Morgan fingerprint density at radius 2 is 1.86 bits per heavy atom. The van der Waals surface area contributed by atoms with Gasteiger partial charge < -0.3 is 14.3 Å². The molecule has 0 aliphatic carbocycles. The molecule has 1 aliphatic rings. The number of aryl methyl sites for hydroxylation is 1. The van der Waals surface area contributed by atoms with E-state index in [1.54, 1.807) is 31.2 Å². The molecule has 1 unspecified atom stereocenters. The average molecular weight is 626 g/mol. The van der Waals surface area contributed by atoms with Gasteiger partial charge in [0.15, 0.2) is 15.9 Å². The summed E-state index contributed by atoms with van der Waals surface area (Å²) < 4.78 is 12.2. The van der Waals surface area contributed by atoms with Crippen molar-refractivity contribution in [3.05, 3.63) is 113 Å². The molecule has 0 spiro atoms. The number of amides is 1. The maximum Gasteiger partial charge on any atom is 0.296 e. The molecule has 6 rings (SSSR count). The second-order valence-corrected chi connectivity index (χ2v) is 13.1. The minimum Gasteiger partial charge on any atom is -0.503 e. The van der Waals surface area contributed by atoms with E-state index in [-0.39, 0.29) is 16.5 Å². The molecule has 1 amide bonds. The first-order valence-corrected chi connectivity index (χ1v) is 16.1. The van der Waals surface area contributed by atoms with E-state index in [2.05, 4.69) is 48.3 Å². The Hall–Kier alpha value is -4.41. The number of rotatable bonds is 11. The Labute approximate surface area is 263 Å². The van der Waals surface area contributed by atoms with E-state index in [1.165, 1.54) is 33.4 Å². The minimum atomic E-state index is -0.960. The molecule has 1 N–H and O–H groups in total. The van der Waals surface area contributed by atoms with E-state index in [0.29, 0.717) is 39.7 Å². The van der Waals surface area contributed by atoms with Crippen LogP contribution in [0.4, 0.5) is 5.13 Å². The van der Waals surface area contributed by atoms with Gasteiger partial charge in [0.1, 0.15) is 11.5 Å². The first-order valence-electron chi connectivity index (χ1n) is 14.3. The van der Waals surface area contributed by atoms with Crippen LogP contribution in [0.15, 0.2) is 99.0 Å². The molecule has 3 aromatic carbocycles. The van der Waals surface area contributed by atoms with Crippen LogP contribution in [0.2, 0.25) is 0 Å². The number of aliphatic hydroxyl groups is 1. The van der Waals surface area contributed by atoms with Crippen LogP contribution >= 0.6 is 23.1 Å². The van der Waals surface area contributed by atoms with E-state index < -0.39 is 23.5 Å². The maximum absolute atomic E-state index is 13.7. The number of aromatic nitrogens is 2. The number of ketones is 1. The summed E-state index contributed by atoms with van der Waals surface area (Å²) in [4.78, 5) is 28.7. The highest BCUT2D eigenvalue weighted by molar-refractivity contribution is 8.00. The number of benzene rings is 3. The second kappa shape index (κ2) is 12.7. The molecular weight excluding hydrogens is 595 g/mol. The predicted octanol–water partition coefficient (Wildman–Crippen LogP) is 8.09. The number of nitrogens with zero attached hydrogens (tertiary/aromatic N) is 3. The molecule has 1 atom stereocenters. The van der Waals surface area contributed by atoms with Gasteiger partial charge >= 0.3 is 0 Å². The Kier molecular flexibility index (Phi) is 8.54. The molecule has 10 heteroatoms. The highest BCUT2D eigenvalue weighted by Gasteiger charge is 2.47. The zero-order chi connectivity index (χ0) is 30.8. The van der Waals surface area contributed by atoms with Gasteiger partial charge in [-0.05, 0) is 65.4 Å². The molecule has 0 bridgehead atoms. The largest absolute Gasteiger partial charge is 0.503 e. The summed E-state index contributed by atoms with van der Waals surface area (Å²) in [6, 6.07) is 23.9. The summed E-state index contributed by atoms with van der Waals surface area (Å²) >= 11 is 2.75. The SMILES string of the molecule is Cc1ccc(C(=O)C2=C(O)C(=O)N(c3nnc(SCc4cccc5ccccc45)s3)C2c2cccc(OCCC(C)C)c2)o1. The van der Waals surface area contributed by atoms with E-state index in [1.807, 2.05) is 30.3 Å². The van der Waals surface area contributed by atoms with Crippen LogP contribution in [0.1, 0.15) is 53.8 Å². The number of ether oxygens (including phenoxy) is 1. The van der Waals surface area contributed by atoms with Crippen LogP contribution in [0.5, 0.6) is 5.75 Å². The molecular formula is C34H31N3O5S2. The van der Waals surface area contributed by atoms with Gasteiger partial charge in [0.25, 0.3) is 5.91 Å². The molecule has 224 valence electrons. The monoisotopic (exact) mass is 625 g/mol. The van der Waals surface area contributed by atoms with Crippen molar-refractivity contribution < 1.29 is 23.8 Å². The zero-order valence-electron chi connectivity index (χ0n) is 24.5. The van der Waals surface area contributed by atoms with Gasteiger partial charge in [0.05, 0.1) is 18.2 Å². The number of carbonyl (C=O) groups is 2. The standard InChI is InChI=1S/C34H31N3O5S2/c1-20(2)16-17-41-25-12-7-10-23(18-25)29-28(30(38)27-15-14-21(3)42-27)31(39)32(40)37(29)33-35-36-34(44-33)43-19-24-11-6-9-22-8-4-5-13-26(22)24/h4-15,18,20,29,39H,16-17,19H2,1-3H3. The van der Waals surface area contributed by atoms with Crippen molar-refractivity contribution >= 4 is 50.7 Å². The molecule has 0 fully saturated rings. The summed E-state index contributed by atoms with van der Waals surface area (Å²) in [6.07, 6.45) is 0.880. The summed E-state index contributed by atoms with van der Waals surface area (Å²) in [5, 5.41) is 22.4. The normalized spacial score (nSPS) is 15.1. The van der Waals surface area contributed by atoms with Crippen molar-refractivity contribution in [3.63, 3.8) is 0 Å². The van der Waals surface area contributed by atoms with E-state index in [0.717, 1.165) is 17.4 Å². The molecule has 44 heavy (non-hydrogen) atoms. The van der Waals surface area contributed by atoms with Crippen LogP contribution in [-0.2, 0) is 10.5 Å². The quantitative estimate of drug-likeness (QED) is 0.0892. The predicted molar refractivity (Wildman–Crippen MR) is 172 cm³/mol. The fourth-order valence-electron chi connectivity index (χ4n) is 5.14. The van der Waals surface area contributed by atoms with Gasteiger partial charge in [-0.3, -0.25) is 14.5 Å². The zero-order valence-corrected chi connectivity index (χ0v) is 26.2. The van der Waals surface area contributed by atoms with Crippen LogP contribution in [0, 0.1) is 12.8 Å². The van der Waals surface area contributed by atoms with Crippen molar-refractivity contribution in [2.24, 2.45) is 5.92 Å². The third kappa shape index (κ3) is 6.00. The smallest absolute Gasteiger partial charge is 0.296 e. The van der Waals surface area contributed by atoms with Gasteiger partial charge in [0, 0.05) is 5.75 Å². The first-order chi connectivity index (χ1) is 21.3. The molecule has 0 saturated heterocycles. The number of Topliss-reactive ketones (excluding diaryl/α,β-unsaturated/α-hetero) is 1. The minimum absolute atomic E-state index is 0.0385. The van der Waals surface area contributed by atoms with Crippen LogP contribution < -0.4 is 9.64 Å². The molecule has 1 aliphatic heterocycles. The second-order valence-electron chi connectivity index (χ2n) is 11.0. The molecule has 0 saturated carbocycles. The van der Waals surface area contributed by atoms with Crippen molar-refractivity contribution in [2.75, 3.05) is 11.5 Å². The number of carbonyl (C=O) groups excluding carboxylic acids is 2. The number of furan rings is 1. The summed E-state index contributed by atoms with van der Waals surface area (Å²) in [5.74, 6) is 0.389. The van der Waals surface area contributed by atoms with Crippen LogP contribution in [0.25, 0.3) is 10.8 Å². The lowest BCUT2D eigenvalue weighted by atomic mass is 9.95.